The van der Waals surface area contributed by atoms with E-state index in [0.29, 0.717) is 5.82 Å². The number of ether oxygens (including phenoxy) is 1. The van der Waals surface area contributed by atoms with Gasteiger partial charge >= 0.3 is 0 Å². The van der Waals surface area contributed by atoms with Gasteiger partial charge in [-0.2, -0.15) is 0 Å². The number of rotatable bonds is 7. The Morgan fingerprint density at radius 2 is 0.838 bits per heavy atom. The molecule has 464 valence electrons. The molecule has 99 heavy (non-hydrogen) atoms. The van der Waals surface area contributed by atoms with Crippen molar-refractivity contribution in [3.05, 3.63) is 354 Å². The van der Waals surface area contributed by atoms with Crippen molar-refractivity contribution in [1.29, 1.82) is 0 Å². The third-order valence-corrected chi connectivity index (χ3v) is 22.7. The number of benzene rings is 13. The van der Waals surface area contributed by atoms with Crippen molar-refractivity contribution in [1.82, 2.24) is 0 Å². The van der Waals surface area contributed by atoms with E-state index in [9.17, 15) is 0 Å². The topological polar surface area (TPSA) is 48.2 Å². The summed E-state index contributed by atoms with van der Waals surface area (Å²) in [6, 6.07) is 106. The molecule has 19 rings (SSSR count). The summed E-state index contributed by atoms with van der Waals surface area (Å²) in [6.45, 7) is 2.27. The molecule has 6 nitrogen and oxygen atoms in total. The summed E-state index contributed by atoms with van der Waals surface area (Å²) in [4.78, 5) is 10.3. The number of anilines is 9. The number of fused-ring (bicyclic) bond motifs is 12. The van der Waals surface area contributed by atoms with Gasteiger partial charge in [0.15, 0.2) is 0 Å². The lowest BCUT2D eigenvalue weighted by Crippen LogP contribution is -2.56. The zero-order valence-corrected chi connectivity index (χ0v) is 56.2. The fourth-order valence-electron chi connectivity index (χ4n) is 18.0. The molecule has 0 bridgehead atoms. The molecule has 2 unspecified atom stereocenters. The van der Waals surface area contributed by atoms with Crippen molar-refractivity contribution in [2.24, 2.45) is 5.73 Å². The molecule has 6 aliphatic heterocycles. The van der Waals surface area contributed by atoms with Crippen LogP contribution in [0.5, 0.6) is 11.5 Å². The van der Waals surface area contributed by atoms with Crippen LogP contribution in [0.4, 0.5) is 51.2 Å². The van der Waals surface area contributed by atoms with Gasteiger partial charge in [-0.25, -0.2) is 0 Å². The van der Waals surface area contributed by atoms with Crippen LogP contribution in [-0.4, -0.2) is 45.4 Å². The fourth-order valence-corrected chi connectivity index (χ4v) is 18.0. The summed E-state index contributed by atoms with van der Waals surface area (Å²) in [7, 11) is 11.5. The van der Waals surface area contributed by atoms with Crippen molar-refractivity contribution in [2.45, 2.75) is 23.9 Å². The van der Waals surface area contributed by atoms with Crippen LogP contribution in [0.25, 0.3) is 50.1 Å². The van der Waals surface area contributed by atoms with E-state index < -0.39 is 17.0 Å². The smallest absolute Gasteiger partial charge is 0.139 e. The fraction of sp³-hybridized carbons (Fsp3) is 0.0455. The van der Waals surface area contributed by atoms with E-state index in [1.165, 1.54) is 32.9 Å². The lowest BCUT2D eigenvalue weighted by molar-refractivity contribution is 0.409. The van der Waals surface area contributed by atoms with Gasteiger partial charge in [-0.05, 0) is 146 Å². The maximum Gasteiger partial charge on any atom is 0.139 e. The standard InChI is InChI=1S/C88H66B5N5O/c1-52-49-75(94)97-67-36-18-17-35-63(67)88(64-43-41-57(53-23-7-2-8-24-53)50-71(64)95(59-31-15-6-16-32-59)72-51-58(42-44-65(72)88)54-25-9-3-10-26-54)66-45-46-74-78(85(66)97)87(48-47-60(52)76-79(89)81(91)83(93)82(92)80(76)90)77-70(39-22-40-73(77)99-74)96-68-37-19-20-38-69(68)98(86(87)96)84-61(55-27-11-4-12-28-55)33-21-34-62(84)56-29-13-5-14-30-56/h2-51,86H,89-94H2,1H3/b48-47+,60-52-,75-49+. The first-order valence-electron chi connectivity index (χ1n) is 34.6. The van der Waals surface area contributed by atoms with Gasteiger partial charge in [-0.3, -0.25) is 4.90 Å². The zero-order chi connectivity index (χ0) is 66.6. The molecule has 0 saturated heterocycles. The summed E-state index contributed by atoms with van der Waals surface area (Å²) in [5.41, 5.74) is 41.4. The Labute approximate surface area is 583 Å². The van der Waals surface area contributed by atoms with Crippen LogP contribution in [0, 0.1) is 0 Å². The van der Waals surface area contributed by atoms with E-state index in [4.69, 9.17) is 10.5 Å². The third kappa shape index (κ3) is 8.19. The summed E-state index contributed by atoms with van der Waals surface area (Å²) in [5.74, 6) is 2.19. The molecule has 13 aromatic carbocycles. The van der Waals surface area contributed by atoms with E-state index in [-0.39, 0.29) is 0 Å². The van der Waals surface area contributed by atoms with Gasteiger partial charge in [0.2, 0.25) is 0 Å². The zero-order valence-electron chi connectivity index (χ0n) is 56.2. The molecular formula is C88H66B5N5O. The Balaban J connectivity index is 1.00. The summed E-state index contributed by atoms with van der Waals surface area (Å²) < 4.78 is 7.80. The van der Waals surface area contributed by atoms with Crippen LogP contribution < -0.4 is 57.4 Å². The monoisotopic (exact) mass is 1260 g/mol. The molecule has 0 aromatic heterocycles. The van der Waals surface area contributed by atoms with E-state index >= 15 is 0 Å². The molecule has 6 aliphatic rings. The van der Waals surface area contributed by atoms with Gasteiger partial charge < -0.3 is 25.2 Å². The Morgan fingerprint density at radius 1 is 0.374 bits per heavy atom. The molecule has 2 atom stereocenters. The number of hydrogen-bond acceptors (Lipinski definition) is 6. The number of nitrogens with two attached hydrogens (primary N) is 1. The molecule has 6 heterocycles. The predicted molar refractivity (Wildman–Crippen MR) is 426 cm³/mol. The second kappa shape index (κ2) is 22.1. The van der Waals surface area contributed by atoms with E-state index in [1.807, 2.05) is 0 Å². The highest BCUT2D eigenvalue weighted by Crippen LogP contribution is 2.73. The number of nitrogens with zero attached hydrogens (tertiary/aromatic N) is 4. The van der Waals surface area contributed by atoms with Gasteiger partial charge in [-0.1, -0.05) is 248 Å². The molecule has 2 N–H and O–H groups in total. The minimum atomic E-state index is -1.07. The Kier molecular flexibility index (Phi) is 13.1. The first-order valence-corrected chi connectivity index (χ1v) is 34.6. The molecule has 0 radical (unpaired) electrons. The third-order valence-electron chi connectivity index (χ3n) is 22.7. The van der Waals surface area contributed by atoms with Crippen molar-refractivity contribution in [2.75, 3.05) is 19.6 Å². The maximum atomic E-state index is 8.35. The first-order chi connectivity index (χ1) is 48.6. The molecule has 0 fully saturated rings. The summed E-state index contributed by atoms with van der Waals surface area (Å²) >= 11 is 0. The molecule has 13 aromatic rings. The SMILES string of the molecule is Bc1c(B)c(B)c(C2=C(C)\C=C(/N)N3c4ccccc4C4(c5ccc(-c6ccccc6)cc5N(c5ccccc5)c5cc(-c6ccccc6)ccc54)c4ccc5c(c43)C3(\C=C\2)c2c(cccc2N2c4ccccc4N(c4c(-c6ccccc6)cccc4-c4ccccc4)C23)O5)c(B)c1B. The Hall–Kier alpha value is -11.8. The van der Waals surface area contributed by atoms with E-state index in [2.05, 4.69) is 369 Å². The van der Waals surface area contributed by atoms with E-state index in [0.717, 1.165) is 152 Å². The molecule has 11 heteroatoms. The largest absolute Gasteiger partial charge is 0.457 e. The summed E-state index contributed by atoms with van der Waals surface area (Å²) in [5, 5.41) is 0. The Bertz CT molecular complexity index is 5490. The lowest BCUT2D eigenvalue weighted by Gasteiger charge is -2.53. The predicted octanol–water partition coefficient (Wildman–Crippen LogP) is 13.1. The Morgan fingerprint density at radius 3 is 1.42 bits per heavy atom. The van der Waals surface area contributed by atoms with Crippen LogP contribution in [-0.2, 0) is 10.8 Å². The van der Waals surface area contributed by atoms with Gasteiger partial charge in [-0.15, -0.1) is 16.4 Å². The number of para-hydroxylation sites is 5. The van der Waals surface area contributed by atoms with Crippen LogP contribution >= 0.6 is 0 Å². The first kappa shape index (κ1) is 58.6. The second-order valence-electron chi connectivity index (χ2n) is 27.5. The number of hydrogen-bond donors (Lipinski definition) is 1. The second-order valence-corrected chi connectivity index (χ2v) is 27.5. The van der Waals surface area contributed by atoms with Crippen LogP contribution in [0.1, 0.15) is 45.9 Å². The maximum absolute atomic E-state index is 8.35. The van der Waals surface area contributed by atoms with Gasteiger partial charge in [0, 0.05) is 27.9 Å². The molecule has 0 aliphatic carbocycles. The quantitative estimate of drug-likeness (QED) is 0.161. The molecule has 2 spiro atoms. The average molecular weight is 1260 g/mol. The van der Waals surface area contributed by atoms with Gasteiger partial charge in [0.1, 0.15) is 62.7 Å². The lowest BCUT2D eigenvalue weighted by atomic mass is 9.58. The molecular weight excluding hydrogens is 1200 g/mol. The van der Waals surface area contributed by atoms with Gasteiger partial charge in [0.25, 0.3) is 0 Å². The highest BCUT2D eigenvalue weighted by molar-refractivity contribution is 6.68. The van der Waals surface area contributed by atoms with E-state index in [1.54, 1.807) is 0 Å². The van der Waals surface area contributed by atoms with Crippen molar-refractivity contribution < 1.29 is 4.74 Å². The highest BCUT2D eigenvalue weighted by atomic mass is 16.5. The summed E-state index contributed by atoms with van der Waals surface area (Å²) in [6.07, 6.45) is 6.87. The normalized spacial score (nSPS) is 18.4. The number of allylic oxidation sites excluding steroid dienone is 4. The minimum Gasteiger partial charge on any atom is -0.457 e. The minimum absolute atomic E-state index is 0.491. The molecule has 0 amide bonds. The van der Waals surface area contributed by atoms with Gasteiger partial charge in [0.05, 0.1) is 56.3 Å². The highest BCUT2D eigenvalue weighted by Gasteiger charge is 2.65. The molecule has 0 saturated carbocycles. The van der Waals surface area contributed by atoms with Crippen LogP contribution in [0.15, 0.2) is 315 Å². The van der Waals surface area contributed by atoms with Crippen LogP contribution in [0.2, 0.25) is 0 Å². The average Bonchev–Trinajstić information content (AvgIpc) is 1.62. The van der Waals surface area contributed by atoms with Crippen molar-refractivity contribution in [3.63, 3.8) is 0 Å². The van der Waals surface area contributed by atoms with Crippen molar-refractivity contribution in [3.8, 4) is 56.0 Å². The van der Waals surface area contributed by atoms with Crippen molar-refractivity contribution >= 4 is 123 Å². The van der Waals surface area contributed by atoms with Crippen LogP contribution in [0.3, 0.4) is 0 Å².